The van der Waals surface area contributed by atoms with Gasteiger partial charge in [0.05, 0.1) is 11.3 Å². The largest absolute Gasteiger partial charge is 0.417 e. The predicted octanol–water partition coefficient (Wildman–Crippen LogP) is 4.77. The van der Waals surface area contributed by atoms with E-state index < -0.39 is 11.7 Å². The highest BCUT2D eigenvalue weighted by atomic mass is 19.4. The fourth-order valence-corrected chi connectivity index (χ4v) is 3.96. The third kappa shape index (κ3) is 1.95. The minimum Gasteiger partial charge on any atom is -0.351 e. The lowest BCUT2D eigenvalue weighted by atomic mass is 9.81. The number of anilines is 3. The molecule has 1 aromatic carbocycles. The van der Waals surface area contributed by atoms with E-state index in [1.54, 1.807) is 0 Å². The molecule has 1 aromatic heterocycles. The van der Waals surface area contributed by atoms with Crippen LogP contribution in [0.2, 0.25) is 0 Å². The van der Waals surface area contributed by atoms with E-state index >= 15 is 0 Å². The number of rotatable bonds is 0. The van der Waals surface area contributed by atoms with Crippen molar-refractivity contribution in [2.45, 2.75) is 32.1 Å². The van der Waals surface area contributed by atoms with Crippen molar-refractivity contribution in [2.75, 3.05) is 16.8 Å². The second-order valence-corrected chi connectivity index (χ2v) is 6.67. The van der Waals surface area contributed by atoms with Gasteiger partial charge in [-0.15, -0.1) is 0 Å². The maximum absolute atomic E-state index is 13.1. The monoisotopic (exact) mass is 333 g/mol. The minimum absolute atomic E-state index is 0.0270. The topological polar surface area (TPSA) is 19.4 Å². The van der Waals surface area contributed by atoms with E-state index in [0.717, 1.165) is 11.9 Å². The molecule has 24 heavy (non-hydrogen) atoms. The lowest BCUT2D eigenvalue weighted by Gasteiger charge is -2.43. The Morgan fingerprint density at radius 1 is 1.08 bits per heavy atom. The molecule has 3 nitrogen and oxygen atoms in total. The maximum Gasteiger partial charge on any atom is 0.417 e. The van der Waals surface area contributed by atoms with E-state index in [1.165, 1.54) is 11.6 Å². The second-order valence-electron chi connectivity index (χ2n) is 6.67. The van der Waals surface area contributed by atoms with Gasteiger partial charge in [-0.3, -0.25) is 0 Å². The molecule has 0 N–H and O–H groups in total. The number of fused-ring (bicyclic) bond motifs is 5. The van der Waals surface area contributed by atoms with Crippen LogP contribution in [0.3, 0.4) is 0 Å². The molecule has 0 bridgehead atoms. The highest BCUT2D eigenvalue weighted by molar-refractivity contribution is 5.83. The number of hydrogen-bond donors (Lipinski definition) is 0. The van der Waals surface area contributed by atoms with Gasteiger partial charge in [0.1, 0.15) is 6.17 Å². The minimum atomic E-state index is -4.39. The quantitative estimate of drug-likeness (QED) is 0.692. The molecule has 0 spiro atoms. The predicted molar refractivity (Wildman–Crippen MR) is 87.6 cm³/mol. The summed E-state index contributed by atoms with van der Waals surface area (Å²) in [5.41, 5.74) is 2.07. The van der Waals surface area contributed by atoms with Gasteiger partial charge >= 0.3 is 6.18 Å². The Bertz CT molecular complexity index is 802. The summed E-state index contributed by atoms with van der Waals surface area (Å²) in [7, 11) is 1.85. The third-order valence-electron chi connectivity index (χ3n) is 5.39. The van der Waals surface area contributed by atoms with Crippen molar-refractivity contribution in [1.29, 1.82) is 0 Å². The molecule has 2 aliphatic heterocycles. The average molecular weight is 333 g/mol. The van der Waals surface area contributed by atoms with Crippen molar-refractivity contribution in [3.05, 3.63) is 47.7 Å². The number of hydrogen-bond acceptors (Lipinski definition) is 3. The number of benzene rings is 1. The molecular formula is C18H18F3N3. The van der Waals surface area contributed by atoms with E-state index in [1.807, 2.05) is 30.1 Å². The molecule has 4 rings (SSSR count). The van der Waals surface area contributed by atoms with Gasteiger partial charge in [-0.1, -0.05) is 32.0 Å². The lowest BCUT2D eigenvalue weighted by Crippen LogP contribution is -2.48. The van der Waals surface area contributed by atoms with Gasteiger partial charge < -0.3 is 9.80 Å². The van der Waals surface area contributed by atoms with Gasteiger partial charge in [-0.2, -0.15) is 13.2 Å². The van der Waals surface area contributed by atoms with Crippen molar-refractivity contribution >= 4 is 17.2 Å². The van der Waals surface area contributed by atoms with Crippen LogP contribution < -0.4 is 9.80 Å². The molecule has 0 fully saturated rings. The summed E-state index contributed by atoms with van der Waals surface area (Å²) in [6.45, 7) is 4.32. The van der Waals surface area contributed by atoms with E-state index in [0.29, 0.717) is 17.4 Å². The van der Waals surface area contributed by atoms with E-state index in [4.69, 9.17) is 0 Å². The first kappa shape index (κ1) is 15.3. The SMILES string of the molecule is CC1c2ccccc2N2c3ncc(C(F)(F)F)cc3N(C)C2C1C. The van der Waals surface area contributed by atoms with Crippen LogP contribution in [0.4, 0.5) is 30.4 Å². The third-order valence-corrected chi connectivity index (χ3v) is 5.39. The lowest BCUT2D eigenvalue weighted by molar-refractivity contribution is -0.137. The van der Waals surface area contributed by atoms with Crippen LogP contribution in [-0.4, -0.2) is 18.2 Å². The van der Waals surface area contributed by atoms with Gasteiger partial charge in [0.15, 0.2) is 5.82 Å². The molecule has 3 atom stereocenters. The Morgan fingerprint density at radius 3 is 2.50 bits per heavy atom. The van der Waals surface area contributed by atoms with Crippen LogP contribution in [0.5, 0.6) is 0 Å². The van der Waals surface area contributed by atoms with Crippen molar-refractivity contribution < 1.29 is 13.2 Å². The van der Waals surface area contributed by atoms with Crippen LogP contribution in [0.1, 0.15) is 30.9 Å². The van der Waals surface area contributed by atoms with Gasteiger partial charge in [-0.25, -0.2) is 4.98 Å². The summed E-state index contributed by atoms with van der Waals surface area (Å²) in [5.74, 6) is 1.18. The van der Waals surface area contributed by atoms with Gasteiger partial charge in [0.25, 0.3) is 0 Å². The molecule has 0 amide bonds. The molecule has 0 radical (unpaired) electrons. The molecule has 2 aliphatic rings. The van der Waals surface area contributed by atoms with Crippen molar-refractivity contribution in [1.82, 2.24) is 4.98 Å². The summed E-state index contributed by atoms with van der Waals surface area (Å²) < 4.78 is 39.2. The Balaban J connectivity index is 1.91. The molecule has 126 valence electrons. The number of nitrogens with zero attached hydrogens (tertiary/aromatic N) is 3. The Morgan fingerprint density at radius 2 is 1.79 bits per heavy atom. The number of pyridine rings is 1. The van der Waals surface area contributed by atoms with Crippen LogP contribution >= 0.6 is 0 Å². The number of halogens is 3. The zero-order chi connectivity index (χ0) is 17.2. The molecular weight excluding hydrogens is 315 g/mol. The van der Waals surface area contributed by atoms with Crippen LogP contribution in [0, 0.1) is 5.92 Å². The number of alkyl halides is 3. The summed E-state index contributed by atoms with van der Waals surface area (Å²) in [5, 5.41) is 0. The van der Waals surface area contributed by atoms with Crippen molar-refractivity contribution in [3.63, 3.8) is 0 Å². The van der Waals surface area contributed by atoms with E-state index in [2.05, 4.69) is 29.8 Å². The fraction of sp³-hybridized carbons (Fsp3) is 0.389. The molecule has 6 heteroatoms. The van der Waals surface area contributed by atoms with E-state index in [9.17, 15) is 13.2 Å². The Labute approximate surface area is 138 Å². The summed E-state index contributed by atoms with van der Waals surface area (Å²) >= 11 is 0. The zero-order valence-corrected chi connectivity index (χ0v) is 13.7. The zero-order valence-electron chi connectivity index (χ0n) is 13.7. The van der Waals surface area contributed by atoms with Gasteiger partial charge in [-0.05, 0) is 23.6 Å². The summed E-state index contributed by atoms with van der Waals surface area (Å²) in [6.07, 6.45) is -3.48. The first-order chi connectivity index (χ1) is 11.3. The molecule has 0 saturated carbocycles. The van der Waals surface area contributed by atoms with E-state index in [-0.39, 0.29) is 12.1 Å². The van der Waals surface area contributed by atoms with Crippen LogP contribution in [-0.2, 0) is 6.18 Å². The van der Waals surface area contributed by atoms with Gasteiger partial charge in [0, 0.05) is 24.8 Å². The molecule has 0 aliphatic carbocycles. The maximum atomic E-state index is 13.1. The van der Waals surface area contributed by atoms with Crippen molar-refractivity contribution in [3.8, 4) is 0 Å². The molecule has 2 aromatic rings. The van der Waals surface area contributed by atoms with Crippen LogP contribution in [0.25, 0.3) is 0 Å². The summed E-state index contributed by atoms with van der Waals surface area (Å²) in [6, 6.07) is 9.28. The first-order valence-corrected chi connectivity index (χ1v) is 7.99. The second kappa shape index (κ2) is 4.88. The smallest absolute Gasteiger partial charge is 0.351 e. The summed E-state index contributed by atoms with van der Waals surface area (Å²) in [4.78, 5) is 8.19. The molecule has 3 heterocycles. The highest BCUT2D eigenvalue weighted by Gasteiger charge is 2.46. The molecule has 3 unspecified atom stereocenters. The Hall–Kier alpha value is -2.24. The number of aromatic nitrogens is 1. The van der Waals surface area contributed by atoms with Crippen LogP contribution in [0.15, 0.2) is 36.5 Å². The normalized spacial score (nSPS) is 25.3. The van der Waals surface area contributed by atoms with Crippen molar-refractivity contribution in [2.24, 2.45) is 5.92 Å². The Kier molecular flexibility index (Phi) is 3.11. The standard InChI is InChI=1S/C18H18F3N3/c1-10-11(2)17-23(3)15-8-12(18(19,20)21)9-22-16(15)24(17)14-7-5-4-6-13(10)14/h4-11,17H,1-3H3. The van der Waals surface area contributed by atoms with Gasteiger partial charge in [0.2, 0.25) is 0 Å². The average Bonchev–Trinajstić information content (AvgIpc) is 2.85. The fourth-order valence-electron chi connectivity index (χ4n) is 3.96. The molecule has 0 saturated heterocycles. The highest BCUT2D eigenvalue weighted by Crippen LogP contribution is 2.52. The number of para-hydroxylation sites is 1. The first-order valence-electron chi connectivity index (χ1n) is 7.99.